The number of carbonyl (C=O) groups is 1. The third-order valence-corrected chi connectivity index (χ3v) is 3.84. The number of nitrogens with one attached hydrogen (secondary N) is 1. The summed E-state index contributed by atoms with van der Waals surface area (Å²) in [5, 5.41) is 12.2. The predicted octanol–water partition coefficient (Wildman–Crippen LogP) is 1.95. The minimum atomic E-state index is -0.00389. The molecule has 0 saturated carbocycles. The number of urea groups is 1. The molecule has 2 amide bonds. The first-order valence-electron chi connectivity index (χ1n) is 7.38. The zero-order chi connectivity index (χ0) is 14.4. The molecule has 0 aliphatic carbocycles. The highest BCUT2D eigenvalue weighted by atomic mass is 16.3. The predicted molar refractivity (Wildman–Crippen MR) is 79.7 cm³/mol. The third-order valence-electron chi connectivity index (χ3n) is 3.84. The molecule has 0 radical (unpaired) electrons. The van der Waals surface area contributed by atoms with Crippen LogP contribution in [0.3, 0.4) is 0 Å². The normalized spacial score (nSPS) is 18.9. The summed E-state index contributed by atoms with van der Waals surface area (Å²) in [5.74, 6) is 0.242. The van der Waals surface area contributed by atoms with E-state index in [4.69, 9.17) is 0 Å². The van der Waals surface area contributed by atoms with Crippen LogP contribution in [0.5, 0.6) is 0 Å². The monoisotopic (exact) mass is 276 g/mol. The van der Waals surface area contributed by atoms with Crippen LogP contribution in [0.4, 0.5) is 4.79 Å². The van der Waals surface area contributed by atoms with Gasteiger partial charge in [-0.05, 0) is 37.7 Å². The number of nitrogens with zero attached hydrogens (tertiary/aromatic N) is 1. The second kappa shape index (κ2) is 7.29. The molecule has 1 aliphatic heterocycles. The highest BCUT2D eigenvalue weighted by Gasteiger charge is 2.22. The second-order valence-electron chi connectivity index (χ2n) is 5.61. The van der Waals surface area contributed by atoms with E-state index in [1.807, 2.05) is 11.0 Å². The average Bonchev–Trinajstić information content (AvgIpc) is 2.47. The zero-order valence-electron chi connectivity index (χ0n) is 12.1. The summed E-state index contributed by atoms with van der Waals surface area (Å²) in [4.78, 5) is 13.9. The fourth-order valence-electron chi connectivity index (χ4n) is 2.69. The van der Waals surface area contributed by atoms with Crippen molar-refractivity contribution in [2.75, 3.05) is 26.2 Å². The van der Waals surface area contributed by atoms with E-state index in [1.165, 1.54) is 11.1 Å². The molecular formula is C16H24N2O2. The van der Waals surface area contributed by atoms with Gasteiger partial charge >= 0.3 is 6.03 Å². The number of hydrogen-bond acceptors (Lipinski definition) is 2. The van der Waals surface area contributed by atoms with Crippen molar-refractivity contribution in [2.45, 2.75) is 26.2 Å². The van der Waals surface area contributed by atoms with Gasteiger partial charge in [-0.25, -0.2) is 4.79 Å². The quantitative estimate of drug-likeness (QED) is 0.883. The van der Waals surface area contributed by atoms with E-state index in [2.05, 4.69) is 30.4 Å². The maximum Gasteiger partial charge on any atom is 0.317 e. The second-order valence-corrected chi connectivity index (χ2v) is 5.61. The fourth-order valence-corrected chi connectivity index (χ4v) is 2.69. The Bertz CT molecular complexity index is 448. The minimum Gasteiger partial charge on any atom is -0.396 e. The van der Waals surface area contributed by atoms with Gasteiger partial charge in [0.05, 0.1) is 0 Å². The van der Waals surface area contributed by atoms with Gasteiger partial charge in [0.15, 0.2) is 0 Å². The summed E-state index contributed by atoms with van der Waals surface area (Å²) >= 11 is 0. The van der Waals surface area contributed by atoms with Gasteiger partial charge in [-0.3, -0.25) is 0 Å². The molecule has 2 N–H and O–H groups in total. The largest absolute Gasteiger partial charge is 0.396 e. The van der Waals surface area contributed by atoms with Crippen LogP contribution in [0.1, 0.15) is 24.0 Å². The summed E-state index contributed by atoms with van der Waals surface area (Å²) in [6, 6.07) is 8.35. The smallest absolute Gasteiger partial charge is 0.317 e. The standard InChI is InChI=1S/C16H24N2O2/c1-13-4-2-5-14(10-13)7-8-17-16(20)18-9-3-6-15(11-18)12-19/h2,4-5,10,15,19H,3,6-9,11-12H2,1H3,(H,17,20). The van der Waals surface area contributed by atoms with Crippen LogP contribution in [0.2, 0.25) is 0 Å². The Morgan fingerprint density at radius 1 is 1.50 bits per heavy atom. The van der Waals surface area contributed by atoms with E-state index in [1.54, 1.807) is 0 Å². The van der Waals surface area contributed by atoms with Crippen molar-refractivity contribution in [1.29, 1.82) is 0 Å². The summed E-state index contributed by atoms with van der Waals surface area (Å²) in [6.07, 6.45) is 2.85. The number of likely N-dealkylation sites (tertiary alicyclic amines) is 1. The number of hydrogen-bond donors (Lipinski definition) is 2. The van der Waals surface area contributed by atoms with Crippen LogP contribution >= 0.6 is 0 Å². The van der Waals surface area contributed by atoms with Crippen molar-refractivity contribution in [1.82, 2.24) is 10.2 Å². The lowest BCUT2D eigenvalue weighted by Crippen LogP contribution is -2.46. The molecule has 4 heteroatoms. The van der Waals surface area contributed by atoms with Crippen molar-refractivity contribution < 1.29 is 9.90 Å². The van der Waals surface area contributed by atoms with E-state index >= 15 is 0 Å². The topological polar surface area (TPSA) is 52.6 Å². The first-order valence-corrected chi connectivity index (χ1v) is 7.38. The van der Waals surface area contributed by atoms with Crippen molar-refractivity contribution in [3.05, 3.63) is 35.4 Å². The van der Waals surface area contributed by atoms with Crippen molar-refractivity contribution in [3.8, 4) is 0 Å². The van der Waals surface area contributed by atoms with Crippen LogP contribution < -0.4 is 5.32 Å². The molecule has 4 nitrogen and oxygen atoms in total. The molecule has 20 heavy (non-hydrogen) atoms. The maximum atomic E-state index is 12.0. The van der Waals surface area contributed by atoms with E-state index in [-0.39, 0.29) is 18.6 Å². The van der Waals surface area contributed by atoms with E-state index in [9.17, 15) is 9.90 Å². The van der Waals surface area contributed by atoms with Crippen molar-refractivity contribution >= 4 is 6.03 Å². The van der Waals surface area contributed by atoms with E-state index < -0.39 is 0 Å². The van der Waals surface area contributed by atoms with Gasteiger partial charge in [-0.1, -0.05) is 29.8 Å². The Morgan fingerprint density at radius 3 is 3.10 bits per heavy atom. The Morgan fingerprint density at radius 2 is 2.35 bits per heavy atom. The summed E-state index contributed by atoms with van der Waals surface area (Å²) in [7, 11) is 0. The Kier molecular flexibility index (Phi) is 5.41. The lowest BCUT2D eigenvalue weighted by Gasteiger charge is -2.31. The Hall–Kier alpha value is -1.55. The fraction of sp³-hybridized carbons (Fsp3) is 0.562. The lowest BCUT2D eigenvalue weighted by atomic mass is 9.99. The van der Waals surface area contributed by atoms with Crippen LogP contribution in [-0.4, -0.2) is 42.3 Å². The van der Waals surface area contributed by atoms with Gasteiger partial charge in [-0.15, -0.1) is 0 Å². The van der Waals surface area contributed by atoms with Gasteiger partial charge in [0, 0.05) is 26.2 Å². The van der Waals surface area contributed by atoms with Gasteiger partial charge < -0.3 is 15.3 Å². The number of piperidine rings is 1. The molecule has 1 unspecified atom stereocenters. The Balaban J connectivity index is 1.75. The number of benzene rings is 1. The van der Waals surface area contributed by atoms with E-state index in [0.29, 0.717) is 13.1 Å². The summed E-state index contributed by atoms with van der Waals surface area (Å²) in [6.45, 7) is 4.38. The van der Waals surface area contributed by atoms with Gasteiger partial charge in [0.1, 0.15) is 0 Å². The average molecular weight is 276 g/mol. The molecule has 1 fully saturated rings. The molecule has 1 atom stereocenters. The number of amides is 2. The molecule has 1 aliphatic rings. The zero-order valence-corrected chi connectivity index (χ0v) is 12.1. The molecule has 1 aromatic rings. The molecule has 2 rings (SSSR count). The molecule has 0 bridgehead atoms. The SMILES string of the molecule is Cc1cccc(CCNC(=O)N2CCCC(CO)C2)c1. The Labute approximate surface area is 120 Å². The van der Waals surface area contributed by atoms with Crippen LogP contribution in [0.25, 0.3) is 0 Å². The molecular weight excluding hydrogens is 252 g/mol. The summed E-state index contributed by atoms with van der Waals surface area (Å²) in [5.41, 5.74) is 2.49. The van der Waals surface area contributed by atoms with Crippen molar-refractivity contribution in [2.24, 2.45) is 5.92 Å². The highest BCUT2D eigenvalue weighted by Crippen LogP contribution is 2.15. The highest BCUT2D eigenvalue weighted by molar-refractivity contribution is 5.74. The first kappa shape index (κ1) is 14.9. The first-order chi connectivity index (χ1) is 9.69. The lowest BCUT2D eigenvalue weighted by molar-refractivity contribution is 0.129. The molecule has 1 aromatic carbocycles. The number of carbonyl (C=O) groups excluding carboxylic acids is 1. The van der Waals surface area contributed by atoms with Crippen LogP contribution in [0.15, 0.2) is 24.3 Å². The number of rotatable bonds is 4. The van der Waals surface area contributed by atoms with E-state index in [0.717, 1.165) is 25.8 Å². The van der Waals surface area contributed by atoms with Crippen LogP contribution in [0, 0.1) is 12.8 Å². The molecule has 110 valence electrons. The molecule has 1 saturated heterocycles. The van der Waals surface area contributed by atoms with Crippen LogP contribution in [-0.2, 0) is 6.42 Å². The number of aliphatic hydroxyl groups is 1. The third kappa shape index (κ3) is 4.23. The number of aryl methyl sites for hydroxylation is 1. The maximum absolute atomic E-state index is 12.0. The van der Waals surface area contributed by atoms with Gasteiger partial charge in [0.25, 0.3) is 0 Å². The number of aliphatic hydroxyl groups excluding tert-OH is 1. The minimum absolute atomic E-state index is 0.00389. The van der Waals surface area contributed by atoms with Crippen molar-refractivity contribution in [3.63, 3.8) is 0 Å². The van der Waals surface area contributed by atoms with Gasteiger partial charge in [-0.2, -0.15) is 0 Å². The molecule has 0 aromatic heterocycles. The summed E-state index contributed by atoms with van der Waals surface area (Å²) < 4.78 is 0. The molecule has 0 spiro atoms. The molecule has 1 heterocycles. The van der Waals surface area contributed by atoms with Gasteiger partial charge in [0.2, 0.25) is 0 Å².